The zero-order valence-electron chi connectivity index (χ0n) is 13.9. The number of phosphoric ester groups is 1. The van der Waals surface area contributed by atoms with Crippen LogP contribution in [0.4, 0.5) is 0 Å². The number of hydrogen-bond donors (Lipinski definition) is 5. The highest BCUT2D eigenvalue weighted by Gasteiger charge is 2.15. The van der Waals surface area contributed by atoms with Gasteiger partial charge in [0.15, 0.2) is 0 Å². The van der Waals surface area contributed by atoms with Gasteiger partial charge in [0.25, 0.3) is 0 Å². The number of phosphoric acid groups is 1. The van der Waals surface area contributed by atoms with Crippen LogP contribution < -0.4 is 5.11 Å². The lowest BCUT2D eigenvalue weighted by Crippen LogP contribution is -2.37. The van der Waals surface area contributed by atoms with Crippen LogP contribution in [0.3, 0.4) is 0 Å². The third-order valence-electron chi connectivity index (χ3n) is 1.79. The van der Waals surface area contributed by atoms with Crippen LogP contribution in [-0.2, 0) is 13.9 Å². The molecule has 0 atom stereocenters. The fraction of sp³-hybridized carbons (Fsp3) is 0.750. The van der Waals surface area contributed by atoms with Crippen LogP contribution >= 0.6 is 7.82 Å². The van der Waals surface area contributed by atoms with Crippen LogP contribution in [0.2, 0.25) is 0 Å². The molecule has 0 heterocycles. The van der Waals surface area contributed by atoms with Crippen molar-refractivity contribution in [1.29, 1.82) is 0 Å². The maximum atomic E-state index is 10.2. The molecule has 0 aromatic carbocycles. The van der Waals surface area contributed by atoms with Gasteiger partial charge in [0, 0.05) is 0 Å². The van der Waals surface area contributed by atoms with Gasteiger partial charge in [-0.2, -0.15) is 0 Å². The van der Waals surface area contributed by atoms with Gasteiger partial charge >= 0.3 is 7.82 Å². The molecule has 0 aromatic heterocycles. The molecule has 0 saturated heterocycles. The Morgan fingerprint density at radius 1 is 1.26 bits per heavy atom. The second kappa shape index (κ2) is 13.6. The summed E-state index contributed by atoms with van der Waals surface area (Å²) >= 11 is 0. The highest BCUT2D eigenvalue weighted by atomic mass is 31.2. The molecule has 0 amide bonds. The van der Waals surface area contributed by atoms with Gasteiger partial charge < -0.3 is 39.5 Å². The predicted octanol–water partition coefficient (Wildman–Crippen LogP) is -2.55. The number of aliphatic hydroxyl groups excluding tert-OH is 3. The van der Waals surface area contributed by atoms with Crippen LogP contribution in [0, 0.1) is 0 Å². The van der Waals surface area contributed by atoms with Crippen molar-refractivity contribution in [2.24, 2.45) is 0 Å². The van der Waals surface area contributed by atoms with Gasteiger partial charge in [-0.3, -0.25) is 4.52 Å². The molecule has 0 aliphatic heterocycles. The Kier molecular flexibility index (Phi) is 16.0. The normalized spacial score (nSPS) is 11.0. The van der Waals surface area contributed by atoms with E-state index < -0.39 is 19.9 Å². The summed E-state index contributed by atoms with van der Waals surface area (Å²) in [5, 5.41) is 33.5. The molecule has 11 heteroatoms. The zero-order chi connectivity index (χ0) is 19.3. The molecule has 140 valence electrons. The highest BCUT2D eigenvalue weighted by molar-refractivity contribution is 7.46. The Morgan fingerprint density at radius 2 is 1.61 bits per heavy atom. The van der Waals surface area contributed by atoms with Crippen molar-refractivity contribution in [2.75, 3.05) is 47.5 Å². The summed E-state index contributed by atoms with van der Waals surface area (Å²) in [4.78, 5) is 26.1. The number of hydrogen-bond acceptors (Lipinski definition) is 7. The van der Waals surface area contributed by atoms with Crippen LogP contribution in [0.5, 0.6) is 0 Å². The van der Waals surface area contributed by atoms with Gasteiger partial charge in [0.05, 0.1) is 40.3 Å². The maximum absolute atomic E-state index is 10.2. The fourth-order valence-electron chi connectivity index (χ4n) is 0.491. The van der Waals surface area contributed by atoms with E-state index in [1.807, 2.05) is 21.1 Å². The summed E-state index contributed by atoms with van der Waals surface area (Å²) in [6.07, 6.45) is -0.954. The minimum Gasteiger partial charge on any atom is -0.545 e. The number of likely N-dealkylation sites (N-methyl/N-ethyl adjacent to an activating group) is 1. The van der Waals surface area contributed by atoms with Gasteiger partial charge in [-0.25, -0.2) is 4.57 Å². The quantitative estimate of drug-likeness (QED) is 0.186. The smallest absolute Gasteiger partial charge is 0.469 e. The van der Waals surface area contributed by atoms with E-state index in [2.05, 4.69) is 11.1 Å². The Labute approximate surface area is 136 Å². The Hall–Kier alpha value is -0.840. The molecule has 5 N–H and O–H groups in total. The van der Waals surface area contributed by atoms with Crippen molar-refractivity contribution >= 4 is 13.8 Å². The van der Waals surface area contributed by atoms with E-state index in [9.17, 15) is 14.5 Å². The van der Waals surface area contributed by atoms with Crippen LogP contribution in [0.1, 0.15) is 6.92 Å². The molecule has 0 radical (unpaired) electrons. The number of carboxylic acid groups (broad SMARTS) is 1. The number of carboxylic acids is 1. The maximum Gasteiger partial charge on any atom is 0.469 e. The molecule has 0 bridgehead atoms. The van der Waals surface area contributed by atoms with Gasteiger partial charge in [-0.05, 0) is 12.5 Å². The zero-order valence-corrected chi connectivity index (χ0v) is 14.8. The van der Waals surface area contributed by atoms with E-state index >= 15 is 0 Å². The van der Waals surface area contributed by atoms with E-state index in [1.54, 1.807) is 0 Å². The van der Waals surface area contributed by atoms with Gasteiger partial charge in [-0.1, -0.05) is 6.58 Å². The van der Waals surface area contributed by atoms with Gasteiger partial charge in [-0.15, -0.1) is 0 Å². The number of aliphatic carboxylic acids is 1. The molecule has 0 unspecified atom stereocenters. The standard InChI is InChI=1S/C5H14NO4P.C4H6O2.C3H8O3/c1-6(2,3)4-5-10-11(7,8)9;1-3(2)4(5)6;4-1-3(6)2-5/h4-5H2,1-3H3,(H-,7,8,9);1H2,2H3,(H,5,6);3-6H,1-2H2. The number of nitrogens with zero attached hydrogens (tertiary/aromatic N) is 1. The average molecular weight is 361 g/mol. The predicted molar refractivity (Wildman–Crippen MR) is 80.9 cm³/mol. The first-order chi connectivity index (χ1) is 10.2. The molecule has 0 spiro atoms. The summed E-state index contributed by atoms with van der Waals surface area (Å²) in [6, 6.07) is 0. The molecule has 0 aliphatic carbocycles. The van der Waals surface area contributed by atoms with Crippen molar-refractivity contribution < 1.29 is 48.6 Å². The summed E-state index contributed by atoms with van der Waals surface area (Å²) in [7, 11) is 1.50. The lowest BCUT2D eigenvalue weighted by atomic mass is 10.4. The lowest BCUT2D eigenvalue weighted by molar-refractivity contribution is -0.870. The number of quaternary nitrogens is 1. The molecule has 10 nitrogen and oxygen atoms in total. The highest BCUT2D eigenvalue weighted by Crippen LogP contribution is 2.35. The monoisotopic (exact) mass is 361 g/mol. The first-order valence-corrected chi connectivity index (χ1v) is 7.96. The third-order valence-corrected chi connectivity index (χ3v) is 2.31. The molecular weight excluding hydrogens is 333 g/mol. The second-order valence-electron chi connectivity index (χ2n) is 5.42. The first-order valence-electron chi connectivity index (χ1n) is 6.43. The number of carbonyl (C=O) groups excluding carboxylic acids is 1. The Bertz CT molecular complexity index is 359. The molecule has 0 rings (SSSR count). The number of rotatable bonds is 7. The summed E-state index contributed by atoms with van der Waals surface area (Å²) in [6.45, 7) is 4.40. The molecule has 0 aliphatic rings. The summed E-state index contributed by atoms with van der Waals surface area (Å²) < 4.78 is 15.1. The Morgan fingerprint density at radius 3 is 1.74 bits per heavy atom. The average Bonchev–Trinajstić information content (AvgIpc) is 2.35. The minimum absolute atomic E-state index is 0.0648. The van der Waals surface area contributed by atoms with Crippen molar-refractivity contribution in [3.8, 4) is 0 Å². The Balaban J connectivity index is -0.000000284. The van der Waals surface area contributed by atoms with Crippen LogP contribution in [0.25, 0.3) is 0 Å². The van der Waals surface area contributed by atoms with E-state index in [0.717, 1.165) is 0 Å². The van der Waals surface area contributed by atoms with E-state index in [1.165, 1.54) is 6.92 Å². The van der Waals surface area contributed by atoms with Crippen LogP contribution in [-0.4, -0.2) is 89.2 Å². The molecule has 23 heavy (non-hydrogen) atoms. The largest absolute Gasteiger partial charge is 0.545 e. The van der Waals surface area contributed by atoms with Crippen molar-refractivity contribution in [2.45, 2.75) is 13.0 Å². The fourth-order valence-corrected chi connectivity index (χ4v) is 0.811. The summed E-state index contributed by atoms with van der Waals surface area (Å²) in [5.74, 6) is -1.19. The van der Waals surface area contributed by atoms with E-state index in [-0.39, 0.29) is 25.4 Å². The third kappa shape index (κ3) is 33.8. The molecule has 0 aromatic rings. The first kappa shape index (κ1) is 27.0. The van der Waals surface area contributed by atoms with Crippen molar-refractivity contribution in [3.05, 3.63) is 12.2 Å². The molecular formula is C12H28NO9P. The molecule has 0 fully saturated rings. The number of aliphatic hydroxyl groups is 3. The minimum atomic E-state index is -4.26. The van der Waals surface area contributed by atoms with Gasteiger partial charge in [0.2, 0.25) is 0 Å². The second-order valence-corrected chi connectivity index (χ2v) is 6.66. The van der Waals surface area contributed by atoms with E-state index in [4.69, 9.17) is 25.1 Å². The molecule has 0 saturated carbocycles. The topological polar surface area (TPSA) is 168 Å². The lowest BCUT2D eigenvalue weighted by Gasteiger charge is -2.23. The van der Waals surface area contributed by atoms with Crippen molar-refractivity contribution in [3.63, 3.8) is 0 Å². The van der Waals surface area contributed by atoms with Gasteiger partial charge in [0.1, 0.15) is 19.3 Å². The summed E-state index contributed by atoms with van der Waals surface area (Å²) in [5.41, 5.74) is 0.0648. The van der Waals surface area contributed by atoms with Crippen molar-refractivity contribution in [1.82, 2.24) is 0 Å². The van der Waals surface area contributed by atoms with E-state index in [0.29, 0.717) is 11.0 Å². The SMILES string of the molecule is C=C(C)C(=O)[O-].C[N+](C)(C)CCOP(=O)(O)O.OCC(O)CO. The van der Waals surface area contributed by atoms with Crippen LogP contribution in [0.15, 0.2) is 12.2 Å². The number of carbonyl (C=O) groups is 1.